The fraction of sp³-hybridized carbons (Fsp3) is 0.579. The van der Waals surface area contributed by atoms with Gasteiger partial charge < -0.3 is 10.2 Å². The van der Waals surface area contributed by atoms with Crippen molar-refractivity contribution in [3.63, 3.8) is 0 Å². The lowest BCUT2D eigenvalue weighted by Gasteiger charge is -2.31. The van der Waals surface area contributed by atoms with Gasteiger partial charge >= 0.3 is 11.9 Å². The smallest absolute Gasteiger partial charge is 0.309 e. The molecule has 2 atom stereocenters. The first-order chi connectivity index (χ1) is 10.9. The van der Waals surface area contributed by atoms with Gasteiger partial charge in [0, 0.05) is 0 Å². The van der Waals surface area contributed by atoms with Crippen LogP contribution in [0.15, 0.2) is 30.3 Å². The highest BCUT2D eigenvalue weighted by molar-refractivity contribution is 5.77. The van der Waals surface area contributed by atoms with Crippen molar-refractivity contribution in [3.05, 3.63) is 35.9 Å². The van der Waals surface area contributed by atoms with E-state index in [1.54, 1.807) is 0 Å². The van der Waals surface area contributed by atoms with Crippen molar-refractivity contribution >= 4 is 11.9 Å². The van der Waals surface area contributed by atoms with Crippen molar-refractivity contribution in [3.8, 4) is 0 Å². The molecule has 4 heteroatoms. The molecular formula is C19H28O4. The number of unbranched alkanes of at least 4 members (excludes halogenated alkanes) is 2. The van der Waals surface area contributed by atoms with Crippen molar-refractivity contribution in [2.24, 2.45) is 11.3 Å². The van der Waals surface area contributed by atoms with Crippen LogP contribution < -0.4 is 0 Å². The first-order valence-electron chi connectivity index (χ1n) is 8.45. The van der Waals surface area contributed by atoms with Crippen LogP contribution in [0.1, 0.15) is 57.9 Å². The van der Waals surface area contributed by atoms with Crippen molar-refractivity contribution in [1.82, 2.24) is 0 Å². The van der Waals surface area contributed by atoms with E-state index in [0.29, 0.717) is 19.3 Å². The van der Waals surface area contributed by atoms with Crippen LogP contribution >= 0.6 is 0 Å². The van der Waals surface area contributed by atoms with Gasteiger partial charge in [0.2, 0.25) is 0 Å². The molecule has 128 valence electrons. The summed E-state index contributed by atoms with van der Waals surface area (Å²) in [5.41, 5.74) is -0.0779. The number of rotatable bonds is 11. The molecule has 1 aromatic rings. The number of carbonyl (C=O) groups is 2. The van der Waals surface area contributed by atoms with Crippen LogP contribution in [0.3, 0.4) is 0 Å². The lowest BCUT2D eigenvalue weighted by molar-refractivity contribution is -0.153. The second-order valence-electron chi connectivity index (χ2n) is 6.34. The predicted octanol–water partition coefficient (Wildman–Crippen LogP) is 4.38. The molecule has 0 saturated heterocycles. The fourth-order valence-electron chi connectivity index (χ4n) is 3.07. The molecule has 0 saturated carbocycles. The number of hydrogen-bond acceptors (Lipinski definition) is 2. The zero-order valence-electron chi connectivity index (χ0n) is 14.1. The highest BCUT2D eigenvalue weighted by atomic mass is 16.4. The Kier molecular flexibility index (Phi) is 7.79. The molecule has 0 aromatic heterocycles. The number of aliphatic carboxylic acids is 2. The third kappa shape index (κ3) is 5.70. The SMILES string of the molecule is CCCCCC(CC(CC)(Cc1ccccc1)C(=O)O)C(=O)O. The average Bonchev–Trinajstić information content (AvgIpc) is 2.53. The predicted molar refractivity (Wildman–Crippen MR) is 90.4 cm³/mol. The molecule has 0 fully saturated rings. The summed E-state index contributed by atoms with van der Waals surface area (Å²) in [6.07, 6.45) is 4.37. The van der Waals surface area contributed by atoms with Gasteiger partial charge in [-0.25, -0.2) is 0 Å². The van der Waals surface area contributed by atoms with Crippen molar-refractivity contribution in [1.29, 1.82) is 0 Å². The van der Waals surface area contributed by atoms with E-state index < -0.39 is 23.3 Å². The summed E-state index contributed by atoms with van der Waals surface area (Å²) < 4.78 is 0. The Hall–Kier alpha value is -1.84. The average molecular weight is 320 g/mol. The molecule has 4 nitrogen and oxygen atoms in total. The zero-order valence-corrected chi connectivity index (χ0v) is 14.1. The highest BCUT2D eigenvalue weighted by Crippen LogP contribution is 2.36. The van der Waals surface area contributed by atoms with Crippen LogP contribution in [0.2, 0.25) is 0 Å². The van der Waals surface area contributed by atoms with E-state index in [0.717, 1.165) is 24.8 Å². The molecule has 0 spiro atoms. The minimum Gasteiger partial charge on any atom is -0.481 e. The Balaban J connectivity index is 2.94. The normalized spacial score (nSPS) is 14.9. The van der Waals surface area contributed by atoms with Crippen LogP contribution in [0.25, 0.3) is 0 Å². The monoisotopic (exact) mass is 320 g/mol. The summed E-state index contributed by atoms with van der Waals surface area (Å²) in [5, 5.41) is 19.3. The molecule has 1 aromatic carbocycles. The Morgan fingerprint density at radius 3 is 2.22 bits per heavy atom. The number of benzene rings is 1. The second-order valence-corrected chi connectivity index (χ2v) is 6.34. The highest BCUT2D eigenvalue weighted by Gasteiger charge is 2.40. The van der Waals surface area contributed by atoms with Crippen molar-refractivity contribution < 1.29 is 19.8 Å². The third-order valence-corrected chi connectivity index (χ3v) is 4.66. The standard InChI is InChI=1S/C19H28O4/c1-3-5-7-12-16(17(20)21)14-19(4-2,18(22)23)13-15-10-8-6-9-11-15/h6,8-11,16H,3-5,7,12-14H2,1-2H3,(H,20,21)(H,22,23). The van der Waals surface area contributed by atoms with Gasteiger partial charge in [-0.2, -0.15) is 0 Å². The minimum atomic E-state index is -1.02. The van der Waals surface area contributed by atoms with Gasteiger partial charge in [-0.3, -0.25) is 9.59 Å². The largest absolute Gasteiger partial charge is 0.481 e. The number of carboxylic acid groups (broad SMARTS) is 2. The maximum Gasteiger partial charge on any atom is 0.309 e. The molecule has 0 amide bonds. The number of carboxylic acids is 2. The Bertz CT molecular complexity index is 497. The summed E-state index contributed by atoms with van der Waals surface area (Å²) in [5.74, 6) is -2.37. The molecular weight excluding hydrogens is 292 g/mol. The van der Waals surface area contributed by atoms with Crippen LogP contribution in [0.5, 0.6) is 0 Å². The molecule has 0 aliphatic rings. The quantitative estimate of drug-likeness (QED) is 0.593. The van der Waals surface area contributed by atoms with Gasteiger partial charge in [0.15, 0.2) is 0 Å². The van der Waals surface area contributed by atoms with Crippen molar-refractivity contribution in [2.45, 2.75) is 58.8 Å². The molecule has 2 unspecified atom stereocenters. The molecule has 0 aliphatic carbocycles. The Morgan fingerprint density at radius 2 is 1.74 bits per heavy atom. The molecule has 1 rings (SSSR count). The minimum absolute atomic E-state index is 0.187. The van der Waals surface area contributed by atoms with E-state index in [1.165, 1.54) is 0 Å². The number of hydrogen-bond donors (Lipinski definition) is 2. The second kappa shape index (κ2) is 9.33. The van der Waals surface area contributed by atoms with E-state index in [4.69, 9.17) is 0 Å². The van der Waals surface area contributed by atoms with Gasteiger partial charge in [-0.1, -0.05) is 63.4 Å². The molecule has 0 aliphatic heterocycles. The summed E-state index contributed by atoms with van der Waals surface area (Å²) >= 11 is 0. The summed E-state index contributed by atoms with van der Waals surface area (Å²) in [4.78, 5) is 23.5. The summed E-state index contributed by atoms with van der Waals surface area (Å²) in [7, 11) is 0. The molecule has 0 radical (unpaired) electrons. The van der Waals surface area contributed by atoms with Gasteiger partial charge in [0.1, 0.15) is 0 Å². The first kappa shape index (κ1) is 19.2. The lowest BCUT2D eigenvalue weighted by atomic mass is 9.72. The first-order valence-corrected chi connectivity index (χ1v) is 8.45. The van der Waals surface area contributed by atoms with E-state index in [2.05, 4.69) is 6.92 Å². The van der Waals surface area contributed by atoms with Crippen LogP contribution in [0.4, 0.5) is 0 Å². The van der Waals surface area contributed by atoms with E-state index in [-0.39, 0.29) is 6.42 Å². The van der Waals surface area contributed by atoms with E-state index >= 15 is 0 Å². The molecule has 2 N–H and O–H groups in total. The fourth-order valence-corrected chi connectivity index (χ4v) is 3.07. The van der Waals surface area contributed by atoms with Gasteiger partial charge in [0.05, 0.1) is 11.3 Å². The van der Waals surface area contributed by atoms with Crippen LogP contribution in [-0.4, -0.2) is 22.2 Å². The van der Waals surface area contributed by atoms with Crippen LogP contribution in [0, 0.1) is 11.3 Å². The van der Waals surface area contributed by atoms with E-state index in [9.17, 15) is 19.8 Å². The third-order valence-electron chi connectivity index (χ3n) is 4.66. The Morgan fingerprint density at radius 1 is 1.09 bits per heavy atom. The summed E-state index contributed by atoms with van der Waals surface area (Å²) in [6, 6.07) is 9.46. The van der Waals surface area contributed by atoms with Crippen LogP contribution in [-0.2, 0) is 16.0 Å². The zero-order chi connectivity index (χ0) is 17.3. The molecule has 23 heavy (non-hydrogen) atoms. The topological polar surface area (TPSA) is 74.6 Å². The Labute approximate surface area is 138 Å². The van der Waals surface area contributed by atoms with Gasteiger partial charge in [0.25, 0.3) is 0 Å². The van der Waals surface area contributed by atoms with E-state index in [1.807, 2.05) is 37.3 Å². The summed E-state index contributed by atoms with van der Waals surface area (Å²) in [6.45, 7) is 3.90. The molecule has 0 bridgehead atoms. The maximum atomic E-state index is 12.0. The van der Waals surface area contributed by atoms with Crippen molar-refractivity contribution in [2.75, 3.05) is 0 Å². The van der Waals surface area contributed by atoms with Gasteiger partial charge in [-0.05, 0) is 31.2 Å². The lowest BCUT2D eigenvalue weighted by Crippen LogP contribution is -2.37. The maximum absolute atomic E-state index is 12.0. The molecule has 0 heterocycles. The van der Waals surface area contributed by atoms with Gasteiger partial charge in [-0.15, -0.1) is 0 Å².